The first-order valence-corrected chi connectivity index (χ1v) is 2.12. The maximum Gasteiger partial charge on any atom is 0.673 e. The summed E-state index contributed by atoms with van der Waals surface area (Å²) in [7, 11) is -4.53. The molecule has 0 saturated carbocycles. The van der Waals surface area contributed by atoms with E-state index in [9.17, 15) is 22.1 Å². The smallest absolute Gasteiger partial charge is 0.418 e. The Balaban J connectivity index is 0. The molecule has 0 saturated heterocycles. The van der Waals surface area contributed by atoms with Crippen molar-refractivity contribution in [3.8, 4) is 0 Å². The summed E-state index contributed by atoms with van der Waals surface area (Å²) in [6.45, 7) is 0. The molecule has 0 spiro atoms. The zero-order valence-electron chi connectivity index (χ0n) is 5.07. The Morgan fingerprint density at radius 1 is 1.40 bits per heavy atom. The second kappa shape index (κ2) is 4.89. The van der Waals surface area contributed by atoms with Gasteiger partial charge in [0.05, 0.1) is 0 Å². The molecule has 3 N–H and O–H groups in total. The van der Waals surface area contributed by atoms with E-state index in [1.807, 2.05) is 0 Å². The van der Waals surface area contributed by atoms with Gasteiger partial charge in [-0.3, -0.25) is 0 Å². The van der Waals surface area contributed by atoms with Crippen LogP contribution < -0.4 is 11.1 Å². The molecule has 0 aliphatic carbocycles. The van der Waals surface area contributed by atoms with Crippen molar-refractivity contribution < 1.29 is 22.1 Å². The quantitative estimate of drug-likeness (QED) is 0.396. The first-order chi connectivity index (χ1) is 4.27. The number of amides is 2. The van der Waals surface area contributed by atoms with Crippen LogP contribution in [0.3, 0.4) is 0 Å². The predicted octanol–water partition coefficient (Wildman–Crippen LogP) is 0.585. The lowest BCUT2D eigenvalue weighted by molar-refractivity contribution is 0.251. The third-order valence-electron chi connectivity index (χ3n) is 0.246. The average Bonchev–Trinajstić information content (AvgIpc) is 1.61. The number of halogens is 4. The minimum atomic E-state index is -6.00. The Kier molecular flexibility index (Phi) is 5.77. The molecule has 0 rings (SSSR count). The number of carbonyl (C=O) groups excluding carboxylic acids is 1. The number of nitrogens with two attached hydrogens (primary N) is 1. The zero-order chi connectivity index (χ0) is 8.78. The van der Waals surface area contributed by atoms with E-state index in [1.54, 1.807) is 0 Å². The minimum Gasteiger partial charge on any atom is -0.418 e. The molecule has 0 atom stereocenters. The van der Waals surface area contributed by atoms with E-state index < -0.39 is 13.3 Å². The molecule has 0 radical (unpaired) electrons. The molecule has 3 nitrogen and oxygen atoms in total. The summed E-state index contributed by atoms with van der Waals surface area (Å²) in [6.07, 6.45) is 0. The SMILES string of the molecule is CNC(N)=O.F[B-](F)(F)F. The van der Waals surface area contributed by atoms with Gasteiger partial charge in [0.1, 0.15) is 0 Å². The van der Waals surface area contributed by atoms with Crippen molar-refractivity contribution in [2.24, 2.45) is 5.73 Å². The predicted molar refractivity (Wildman–Crippen MR) is 28.8 cm³/mol. The lowest BCUT2D eigenvalue weighted by Crippen LogP contribution is -2.24. The summed E-state index contributed by atoms with van der Waals surface area (Å²) < 4.78 is 39.0. The number of hydrogen-bond acceptors (Lipinski definition) is 1. The van der Waals surface area contributed by atoms with Crippen molar-refractivity contribution in [2.45, 2.75) is 0 Å². The fourth-order valence-electron chi connectivity index (χ4n) is 0. The van der Waals surface area contributed by atoms with Crippen molar-refractivity contribution in [1.82, 2.24) is 5.32 Å². The van der Waals surface area contributed by atoms with Crippen LogP contribution in [-0.4, -0.2) is 20.3 Å². The van der Waals surface area contributed by atoms with Crippen molar-refractivity contribution in [3.05, 3.63) is 0 Å². The van der Waals surface area contributed by atoms with Crippen molar-refractivity contribution in [2.75, 3.05) is 7.05 Å². The van der Waals surface area contributed by atoms with E-state index in [0.717, 1.165) is 0 Å². The molecular weight excluding hydrogens is 155 g/mol. The summed E-state index contributed by atoms with van der Waals surface area (Å²) in [5, 5.41) is 2.17. The molecule has 62 valence electrons. The van der Waals surface area contributed by atoms with Crippen LogP contribution in [0.25, 0.3) is 0 Å². The van der Waals surface area contributed by atoms with E-state index in [1.165, 1.54) is 7.05 Å². The molecule has 0 fully saturated rings. The molecule has 0 aliphatic rings. The van der Waals surface area contributed by atoms with Crippen LogP contribution in [0.4, 0.5) is 22.1 Å². The Bertz CT molecular complexity index is 97.9. The fourth-order valence-corrected chi connectivity index (χ4v) is 0. The summed E-state index contributed by atoms with van der Waals surface area (Å²) in [4.78, 5) is 9.48. The number of rotatable bonds is 0. The monoisotopic (exact) mass is 161 g/mol. The zero-order valence-corrected chi connectivity index (χ0v) is 5.07. The molecule has 0 aromatic rings. The van der Waals surface area contributed by atoms with E-state index >= 15 is 0 Å². The van der Waals surface area contributed by atoms with Crippen LogP contribution in [0.15, 0.2) is 0 Å². The highest BCUT2D eigenvalue weighted by atomic mass is 19.5. The number of primary amides is 1. The van der Waals surface area contributed by atoms with Gasteiger partial charge in [0.25, 0.3) is 0 Å². The van der Waals surface area contributed by atoms with E-state index in [0.29, 0.717) is 0 Å². The average molecular weight is 161 g/mol. The molecular formula is C2H6BF4N2O-. The highest BCUT2D eigenvalue weighted by Crippen LogP contribution is 2.06. The molecule has 2 amide bonds. The van der Waals surface area contributed by atoms with Gasteiger partial charge in [-0.2, -0.15) is 0 Å². The highest BCUT2D eigenvalue weighted by molar-refractivity contribution is 6.50. The van der Waals surface area contributed by atoms with Gasteiger partial charge in [-0.15, -0.1) is 0 Å². The van der Waals surface area contributed by atoms with Crippen molar-refractivity contribution in [1.29, 1.82) is 0 Å². The van der Waals surface area contributed by atoms with E-state index in [4.69, 9.17) is 0 Å². The Hall–Kier alpha value is -0.945. The number of urea groups is 1. The van der Waals surface area contributed by atoms with Crippen molar-refractivity contribution >= 4 is 13.3 Å². The molecule has 10 heavy (non-hydrogen) atoms. The minimum absolute atomic E-state index is 0.495. The second-order valence-corrected chi connectivity index (χ2v) is 1.11. The second-order valence-electron chi connectivity index (χ2n) is 1.11. The lowest BCUT2D eigenvalue weighted by Gasteiger charge is -1.94. The Morgan fingerprint density at radius 2 is 1.50 bits per heavy atom. The molecule has 0 aromatic heterocycles. The summed E-state index contributed by atoms with van der Waals surface area (Å²) in [5.74, 6) is 0. The van der Waals surface area contributed by atoms with Crippen molar-refractivity contribution in [3.63, 3.8) is 0 Å². The summed E-state index contributed by atoms with van der Waals surface area (Å²) >= 11 is 0. The van der Waals surface area contributed by atoms with Crippen LogP contribution in [0.5, 0.6) is 0 Å². The molecule has 0 heterocycles. The Morgan fingerprint density at radius 3 is 1.50 bits per heavy atom. The first-order valence-electron chi connectivity index (χ1n) is 2.12. The molecule has 0 aliphatic heterocycles. The van der Waals surface area contributed by atoms with E-state index in [2.05, 4.69) is 11.1 Å². The lowest BCUT2D eigenvalue weighted by atomic mass is 10.3. The van der Waals surface area contributed by atoms with Crippen LogP contribution in [0.2, 0.25) is 0 Å². The van der Waals surface area contributed by atoms with E-state index in [-0.39, 0.29) is 0 Å². The number of hydrogen-bond donors (Lipinski definition) is 2. The van der Waals surface area contributed by atoms with Crippen LogP contribution >= 0.6 is 0 Å². The topological polar surface area (TPSA) is 55.1 Å². The third kappa shape index (κ3) is 232. The van der Waals surface area contributed by atoms with Crippen LogP contribution in [0, 0.1) is 0 Å². The molecule has 8 heteroatoms. The van der Waals surface area contributed by atoms with Gasteiger partial charge in [0.15, 0.2) is 0 Å². The van der Waals surface area contributed by atoms with Gasteiger partial charge in [-0.05, 0) is 0 Å². The van der Waals surface area contributed by atoms with Gasteiger partial charge in [0, 0.05) is 7.05 Å². The fraction of sp³-hybridized carbons (Fsp3) is 0.500. The number of nitrogens with one attached hydrogen (secondary N) is 1. The van der Waals surface area contributed by atoms with Gasteiger partial charge >= 0.3 is 13.3 Å². The maximum absolute atomic E-state index is 9.75. The standard InChI is InChI=1S/C2H6N2O.BF4/c1-4-2(3)5;2-1(3,4)5/h1H3,(H3,3,4,5);/q;-1. The van der Waals surface area contributed by atoms with Crippen LogP contribution in [-0.2, 0) is 0 Å². The van der Waals surface area contributed by atoms with Crippen LogP contribution in [0.1, 0.15) is 0 Å². The summed E-state index contributed by atoms with van der Waals surface area (Å²) in [5.41, 5.74) is 4.54. The molecule has 0 bridgehead atoms. The molecule has 0 unspecified atom stereocenters. The van der Waals surface area contributed by atoms with Gasteiger partial charge in [0.2, 0.25) is 0 Å². The summed E-state index contributed by atoms with van der Waals surface area (Å²) in [6, 6.07) is -0.495. The van der Waals surface area contributed by atoms with Gasteiger partial charge in [-0.25, -0.2) is 4.79 Å². The largest absolute Gasteiger partial charge is 0.673 e. The normalized spacial score (nSPS) is 9.30. The highest BCUT2D eigenvalue weighted by Gasteiger charge is 2.20. The number of carbonyl (C=O) groups is 1. The maximum atomic E-state index is 9.75. The van der Waals surface area contributed by atoms with Gasteiger partial charge in [-0.1, -0.05) is 0 Å². The van der Waals surface area contributed by atoms with Gasteiger partial charge < -0.3 is 28.3 Å². The Labute approximate surface area is 54.7 Å². The molecule has 0 aromatic carbocycles. The third-order valence-corrected chi connectivity index (χ3v) is 0.246. The first kappa shape index (κ1) is 11.8.